The molecule has 0 aliphatic heterocycles. The molecular weight excluding hydrogens is 320 g/mol. The van der Waals surface area contributed by atoms with E-state index in [2.05, 4.69) is 29.4 Å². The fourth-order valence-electron chi connectivity index (χ4n) is 2.40. The molecule has 1 aromatic heterocycles. The predicted molar refractivity (Wildman–Crippen MR) is 97.2 cm³/mol. The van der Waals surface area contributed by atoms with Crippen LogP contribution in [0.1, 0.15) is 25.3 Å². The maximum atomic E-state index is 12.3. The highest BCUT2D eigenvalue weighted by atomic mass is 32.2. The van der Waals surface area contributed by atoms with Crippen molar-refractivity contribution in [2.45, 2.75) is 30.2 Å². The van der Waals surface area contributed by atoms with E-state index >= 15 is 0 Å². The van der Waals surface area contributed by atoms with Gasteiger partial charge in [0.15, 0.2) is 5.58 Å². The van der Waals surface area contributed by atoms with Crippen molar-refractivity contribution in [3.8, 4) is 0 Å². The molecule has 4 nitrogen and oxygen atoms in total. The van der Waals surface area contributed by atoms with Gasteiger partial charge in [-0.15, -0.1) is 0 Å². The van der Waals surface area contributed by atoms with Crippen LogP contribution >= 0.6 is 11.8 Å². The molecule has 0 bridgehead atoms. The second kappa shape index (κ2) is 7.53. The highest BCUT2D eigenvalue weighted by Crippen LogP contribution is 2.26. The van der Waals surface area contributed by atoms with Crippen LogP contribution in [-0.4, -0.2) is 22.7 Å². The van der Waals surface area contributed by atoms with Gasteiger partial charge in [0.25, 0.3) is 5.22 Å². The first-order valence-electron chi connectivity index (χ1n) is 7.98. The molecule has 1 amide bonds. The van der Waals surface area contributed by atoms with Gasteiger partial charge in [0.05, 0.1) is 5.25 Å². The summed E-state index contributed by atoms with van der Waals surface area (Å²) < 4.78 is 5.66. The monoisotopic (exact) mass is 340 g/mol. The first kappa shape index (κ1) is 16.6. The first-order valence-corrected chi connectivity index (χ1v) is 8.86. The van der Waals surface area contributed by atoms with Crippen molar-refractivity contribution in [2.24, 2.45) is 0 Å². The van der Waals surface area contributed by atoms with Crippen LogP contribution in [0.2, 0.25) is 0 Å². The second-order valence-corrected chi connectivity index (χ2v) is 7.06. The fourth-order valence-corrected chi connectivity index (χ4v) is 3.18. The van der Waals surface area contributed by atoms with Crippen molar-refractivity contribution in [3.05, 3.63) is 60.2 Å². The molecular formula is C19H20N2O2S. The zero-order valence-electron chi connectivity index (χ0n) is 13.7. The van der Waals surface area contributed by atoms with Gasteiger partial charge in [-0.1, -0.05) is 61.2 Å². The summed E-state index contributed by atoms with van der Waals surface area (Å²) in [4.78, 5) is 16.7. The highest BCUT2D eigenvalue weighted by molar-refractivity contribution is 8.00. The molecule has 3 aromatic rings. The van der Waals surface area contributed by atoms with E-state index in [9.17, 15) is 4.79 Å². The molecule has 24 heavy (non-hydrogen) atoms. The van der Waals surface area contributed by atoms with E-state index in [-0.39, 0.29) is 17.1 Å². The summed E-state index contributed by atoms with van der Waals surface area (Å²) in [5.41, 5.74) is 2.77. The van der Waals surface area contributed by atoms with E-state index in [4.69, 9.17) is 4.42 Å². The standard InChI is InChI=1S/C19H20N2O2S/c1-13(15-8-4-3-5-9-15)12-20-18(22)14(2)24-19-21-16-10-6-7-11-17(16)23-19/h3-11,13-14H,12H2,1-2H3,(H,20,22)/t13-,14+/m0/s1. The second-order valence-electron chi connectivity index (χ2n) is 5.76. The van der Waals surface area contributed by atoms with E-state index in [0.29, 0.717) is 11.8 Å². The number of benzene rings is 2. The molecule has 0 spiro atoms. The minimum atomic E-state index is -0.263. The maximum Gasteiger partial charge on any atom is 0.257 e. The SMILES string of the molecule is C[C@@H](Sc1nc2ccccc2o1)C(=O)NC[C@H](C)c1ccccc1. The molecule has 3 rings (SSSR count). The Bertz CT molecular complexity index is 783. The smallest absolute Gasteiger partial charge is 0.257 e. The van der Waals surface area contributed by atoms with E-state index in [1.807, 2.05) is 49.4 Å². The zero-order chi connectivity index (χ0) is 16.9. The lowest BCUT2D eigenvalue weighted by atomic mass is 10.0. The Kier molecular flexibility index (Phi) is 5.20. The van der Waals surface area contributed by atoms with Crippen LogP contribution < -0.4 is 5.32 Å². The largest absolute Gasteiger partial charge is 0.431 e. The summed E-state index contributed by atoms with van der Waals surface area (Å²) in [7, 11) is 0. The predicted octanol–water partition coefficient (Wildman–Crippen LogP) is 4.23. The number of amides is 1. The Morgan fingerprint density at radius 1 is 1.12 bits per heavy atom. The van der Waals surface area contributed by atoms with Gasteiger partial charge in [0, 0.05) is 6.54 Å². The number of oxazole rings is 1. The van der Waals surface area contributed by atoms with Crippen LogP contribution in [0.25, 0.3) is 11.1 Å². The molecule has 0 radical (unpaired) electrons. The van der Waals surface area contributed by atoms with Gasteiger partial charge in [0.2, 0.25) is 5.91 Å². The summed E-state index contributed by atoms with van der Waals surface area (Å²) in [6.45, 7) is 4.58. The zero-order valence-corrected chi connectivity index (χ0v) is 14.5. The lowest BCUT2D eigenvalue weighted by Gasteiger charge is -2.15. The number of carbonyl (C=O) groups excluding carboxylic acids is 1. The van der Waals surface area contributed by atoms with E-state index in [1.54, 1.807) is 0 Å². The third kappa shape index (κ3) is 3.97. The van der Waals surface area contributed by atoms with Gasteiger partial charge in [-0.25, -0.2) is 4.98 Å². The summed E-state index contributed by atoms with van der Waals surface area (Å²) in [6.07, 6.45) is 0. The molecule has 2 aromatic carbocycles. The third-order valence-corrected chi connectivity index (χ3v) is 4.82. The van der Waals surface area contributed by atoms with Crippen molar-refractivity contribution in [1.29, 1.82) is 0 Å². The van der Waals surface area contributed by atoms with Crippen LogP contribution in [0, 0.1) is 0 Å². The Morgan fingerprint density at radius 3 is 2.58 bits per heavy atom. The minimum Gasteiger partial charge on any atom is -0.431 e. The van der Waals surface area contributed by atoms with Gasteiger partial charge in [0.1, 0.15) is 5.52 Å². The van der Waals surface area contributed by atoms with Crippen LogP contribution in [0.4, 0.5) is 0 Å². The van der Waals surface area contributed by atoms with Gasteiger partial charge in [-0.2, -0.15) is 0 Å². The average molecular weight is 340 g/mol. The Balaban J connectivity index is 1.54. The molecule has 0 aliphatic carbocycles. The number of hydrogen-bond donors (Lipinski definition) is 1. The van der Waals surface area contributed by atoms with Gasteiger partial charge >= 0.3 is 0 Å². The first-order chi connectivity index (χ1) is 11.6. The quantitative estimate of drug-likeness (QED) is 0.682. The van der Waals surface area contributed by atoms with E-state index in [1.165, 1.54) is 17.3 Å². The lowest BCUT2D eigenvalue weighted by Crippen LogP contribution is -2.33. The van der Waals surface area contributed by atoms with E-state index in [0.717, 1.165) is 11.1 Å². The number of carbonyl (C=O) groups is 1. The van der Waals surface area contributed by atoms with Crippen molar-refractivity contribution in [3.63, 3.8) is 0 Å². The highest BCUT2D eigenvalue weighted by Gasteiger charge is 2.18. The number of rotatable bonds is 6. The van der Waals surface area contributed by atoms with E-state index < -0.39 is 0 Å². The van der Waals surface area contributed by atoms with Crippen molar-refractivity contribution >= 4 is 28.8 Å². The third-order valence-electron chi connectivity index (χ3n) is 3.87. The van der Waals surface area contributed by atoms with Crippen LogP contribution in [0.3, 0.4) is 0 Å². The molecule has 0 saturated carbocycles. The maximum absolute atomic E-state index is 12.3. The number of nitrogens with one attached hydrogen (secondary N) is 1. The van der Waals surface area contributed by atoms with Crippen LogP contribution in [0.15, 0.2) is 64.2 Å². The molecule has 124 valence electrons. The number of para-hydroxylation sites is 2. The van der Waals surface area contributed by atoms with Crippen molar-refractivity contribution in [1.82, 2.24) is 10.3 Å². The average Bonchev–Trinajstić information content (AvgIpc) is 3.02. The number of nitrogens with zero attached hydrogens (tertiary/aromatic N) is 1. The summed E-state index contributed by atoms with van der Waals surface area (Å²) in [6, 6.07) is 17.8. The van der Waals surface area contributed by atoms with Crippen molar-refractivity contribution in [2.75, 3.05) is 6.54 Å². The Labute approximate surface area is 145 Å². The Hall–Kier alpha value is -2.27. The summed E-state index contributed by atoms with van der Waals surface area (Å²) in [5.74, 6) is 0.265. The topological polar surface area (TPSA) is 55.1 Å². The molecule has 1 N–H and O–H groups in total. The molecule has 0 fully saturated rings. The molecule has 0 saturated heterocycles. The normalized spacial score (nSPS) is 13.6. The van der Waals surface area contributed by atoms with Gasteiger partial charge in [-0.3, -0.25) is 4.79 Å². The Morgan fingerprint density at radius 2 is 1.83 bits per heavy atom. The molecule has 0 unspecified atom stereocenters. The van der Waals surface area contributed by atoms with Crippen LogP contribution in [0.5, 0.6) is 0 Å². The molecule has 1 heterocycles. The number of hydrogen-bond acceptors (Lipinski definition) is 4. The van der Waals surface area contributed by atoms with Crippen molar-refractivity contribution < 1.29 is 9.21 Å². The fraction of sp³-hybridized carbons (Fsp3) is 0.263. The van der Waals surface area contributed by atoms with Gasteiger partial charge in [-0.05, 0) is 30.5 Å². The molecule has 5 heteroatoms. The van der Waals surface area contributed by atoms with Crippen LogP contribution in [-0.2, 0) is 4.79 Å². The number of thioether (sulfide) groups is 1. The summed E-state index contributed by atoms with van der Waals surface area (Å²) in [5, 5.41) is 3.27. The van der Waals surface area contributed by atoms with Gasteiger partial charge < -0.3 is 9.73 Å². The lowest BCUT2D eigenvalue weighted by molar-refractivity contribution is -0.120. The number of fused-ring (bicyclic) bond motifs is 1. The number of aromatic nitrogens is 1. The minimum absolute atomic E-state index is 0.00922. The molecule has 2 atom stereocenters. The molecule has 0 aliphatic rings. The summed E-state index contributed by atoms with van der Waals surface area (Å²) >= 11 is 1.34.